The van der Waals surface area contributed by atoms with E-state index in [9.17, 15) is 4.39 Å². The zero-order chi connectivity index (χ0) is 16.4. The summed E-state index contributed by atoms with van der Waals surface area (Å²) < 4.78 is 20.4. The Morgan fingerprint density at radius 1 is 1.29 bits per heavy atom. The largest absolute Gasteiger partial charge is 0.332 e. The Balaban J connectivity index is 1.49. The number of halogens is 1. The maximum atomic E-state index is 13.2. The summed E-state index contributed by atoms with van der Waals surface area (Å²) in [6, 6.07) is 6.71. The molecule has 0 aliphatic carbocycles. The van der Waals surface area contributed by atoms with Gasteiger partial charge in [-0.05, 0) is 43.6 Å². The third-order valence-corrected chi connectivity index (χ3v) is 4.13. The van der Waals surface area contributed by atoms with Gasteiger partial charge in [-0.25, -0.2) is 9.07 Å². The standard InChI is InChI=1S/C16H17FN6O/c17-12-3-1-2-11(8-12)9-15-19-16(24-21-15)14-10-23(22-20-14)13-4-6-18-7-5-13/h1-3,8,10,13,18H,4-7,9H2. The van der Waals surface area contributed by atoms with Crippen LogP contribution in [-0.2, 0) is 6.42 Å². The molecule has 0 unspecified atom stereocenters. The summed E-state index contributed by atoms with van der Waals surface area (Å²) in [4.78, 5) is 4.34. The lowest BCUT2D eigenvalue weighted by atomic mass is 10.1. The molecule has 24 heavy (non-hydrogen) atoms. The molecule has 0 saturated carbocycles. The van der Waals surface area contributed by atoms with Crippen molar-refractivity contribution in [2.75, 3.05) is 13.1 Å². The van der Waals surface area contributed by atoms with E-state index in [1.54, 1.807) is 6.07 Å². The second kappa shape index (κ2) is 6.48. The van der Waals surface area contributed by atoms with Crippen LogP contribution in [0.4, 0.5) is 4.39 Å². The SMILES string of the molecule is Fc1cccc(Cc2noc(-c3cn(C4CCNCC4)nn3)n2)c1. The molecule has 8 heteroatoms. The molecule has 0 radical (unpaired) electrons. The van der Waals surface area contributed by atoms with Crippen molar-refractivity contribution in [1.29, 1.82) is 0 Å². The molecule has 7 nitrogen and oxygen atoms in total. The topological polar surface area (TPSA) is 81.7 Å². The lowest BCUT2D eigenvalue weighted by Crippen LogP contribution is -2.29. The van der Waals surface area contributed by atoms with E-state index in [1.807, 2.05) is 16.9 Å². The lowest BCUT2D eigenvalue weighted by molar-refractivity contribution is 0.337. The van der Waals surface area contributed by atoms with Gasteiger partial charge in [-0.2, -0.15) is 4.98 Å². The summed E-state index contributed by atoms with van der Waals surface area (Å²) in [5, 5.41) is 15.6. The first-order valence-electron chi connectivity index (χ1n) is 7.98. The molecule has 0 bridgehead atoms. The molecule has 1 aliphatic heterocycles. The number of hydrogen-bond donors (Lipinski definition) is 1. The van der Waals surface area contributed by atoms with Crippen LogP contribution in [0.5, 0.6) is 0 Å². The maximum Gasteiger partial charge on any atom is 0.280 e. The summed E-state index contributed by atoms with van der Waals surface area (Å²) in [5.74, 6) is 0.551. The van der Waals surface area contributed by atoms with Crippen LogP contribution in [0.2, 0.25) is 0 Å². The molecule has 0 spiro atoms. The average Bonchev–Trinajstić information content (AvgIpc) is 3.25. The highest BCUT2D eigenvalue weighted by atomic mass is 19.1. The van der Waals surface area contributed by atoms with Gasteiger partial charge in [0.05, 0.1) is 12.2 Å². The molecule has 2 aromatic heterocycles. The summed E-state index contributed by atoms with van der Waals surface area (Å²) in [5.41, 5.74) is 1.35. The molecule has 1 fully saturated rings. The van der Waals surface area contributed by atoms with Crippen LogP contribution in [0, 0.1) is 5.82 Å². The molecule has 4 rings (SSSR count). The molecule has 1 aromatic carbocycles. The number of nitrogens with zero attached hydrogens (tertiary/aromatic N) is 5. The van der Waals surface area contributed by atoms with Gasteiger partial charge < -0.3 is 9.84 Å². The minimum absolute atomic E-state index is 0.277. The van der Waals surface area contributed by atoms with Crippen LogP contribution in [-0.4, -0.2) is 38.2 Å². The quantitative estimate of drug-likeness (QED) is 0.789. The maximum absolute atomic E-state index is 13.2. The Labute approximate surface area is 137 Å². The minimum atomic E-state index is -0.277. The van der Waals surface area contributed by atoms with Crippen LogP contribution < -0.4 is 5.32 Å². The summed E-state index contributed by atoms with van der Waals surface area (Å²) >= 11 is 0. The summed E-state index contributed by atoms with van der Waals surface area (Å²) in [7, 11) is 0. The van der Waals surface area contributed by atoms with Crippen molar-refractivity contribution in [2.45, 2.75) is 25.3 Å². The van der Waals surface area contributed by atoms with Crippen LogP contribution >= 0.6 is 0 Å². The fourth-order valence-corrected chi connectivity index (χ4v) is 2.88. The van der Waals surface area contributed by atoms with Crippen LogP contribution in [0.15, 0.2) is 35.0 Å². The van der Waals surface area contributed by atoms with Gasteiger partial charge in [-0.1, -0.05) is 22.5 Å². The van der Waals surface area contributed by atoms with Crippen molar-refractivity contribution in [1.82, 2.24) is 30.5 Å². The van der Waals surface area contributed by atoms with Crippen molar-refractivity contribution < 1.29 is 8.91 Å². The van der Waals surface area contributed by atoms with Gasteiger partial charge in [0.15, 0.2) is 11.5 Å². The molecule has 0 amide bonds. The highest BCUT2D eigenvalue weighted by Crippen LogP contribution is 2.21. The summed E-state index contributed by atoms with van der Waals surface area (Å²) in [6.45, 7) is 1.97. The second-order valence-corrected chi connectivity index (χ2v) is 5.89. The number of aromatic nitrogens is 5. The average molecular weight is 328 g/mol. The highest BCUT2D eigenvalue weighted by molar-refractivity contribution is 5.43. The van der Waals surface area contributed by atoms with E-state index in [4.69, 9.17) is 4.52 Å². The Hall–Kier alpha value is -2.61. The Morgan fingerprint density at radius 3 is 3.00 bits per heavy atom. The van der Waals surface area contributed by atoms with E-state index < -0.39 is 0 Å². The van der Waals surface area contributed by atoms with Gasteiger partial charge >= 0.3 is 0 Å². The Kier molecular flexibility index (Phi) is 4.04. The predicted molar refractivity (Wildman–Crippen MR) is 83.7 cm³/mol. The van der Waals surface area contributed by atoms with Crippen molar-refractivity contribution in [3.63, 3.8) is 0 Å². The molecule has 124 valence electrons. The molecule has 3 aromatic rings. The molecule has 1 saturated heterocycles. The van der Waals surface area contributed by atoms with E-state index in [1.165, 1.54) is 12.1 Å². The van der Waals surface area contributed by atoms with E-state index >= 15 is 0 Å². The minimum Gasteiger partial charge on any atom is -0.332 e. The van der Waals surface area contributed by atoms with Crippen LogP contribution in [0.1, 0.15) is 30.3 Å². The monoisotopic (exact) mass is 328 g/mol. The van der Waals surface area contributed by atoms with Crippen molar-refractivity contribution in [3.05, 3.63) is 47.7 Å². The Bertz CT molecular complexity index is 823. The number of hydrogen-bond acceptors (Lipinski definition) is 6. The van der Waals surface area contributed by atoms with Gasteiger partial charge in [-0.15, -0.1) is 5.10 Å². The fourth-order valence-electron chi connectivity index (χ4n) is 2.88. The van der Waals surface area contributed by atoms with Gasteiger partial charge in [0.2, 0.25) is 0 Å². The number of rotatable bonds is 4. The molecule has 0 atom stereocenters. The predicted octanol–water partition coefficient (Wildman–Crippen LogP) is 1.98. The van der Waals surface area contributed by atoms with E-state index in [-0.39, 0.29) is 5.82 Å². The molecular weight excluding hydrogens is 311 g/mol. The first-order chi connectivity index (χ1) is 11.8. The first-order valence-corrected chi connectivity index (χ1v) is 7.98. The Morgan fingerprint density at radius 2 is 2.17 bits per heavy atom. The third kappa shape index (κ3) is 3.18. The highest BCUT2D eigenvalue weighted by Gasteiger charge is 2.19. The van der Waals surface area contributed by atoms with Gasteiger partial charge in [0, 0.05) is 6.42 Å². The smallest absolute Gasteiger partial charge is 0.280 e. The van der Waals surface area contributed by atoms with Crippen LogP contribution in [0.25, 0.3) is 11.6 Å². The molecule has 3 heterocycles. The fraction of sp³-hybridized carbons (Fsp3) is 0.375. The molecule has 1 N–H and O–H groups in total. The van der Waals surface area contributed by atoms with Crippen molar-refractivity contribution >= 4 is 0 Å². The third-order valence-electron chi connectivity index (χ3n) is 4.13. The summed E-state index contributed by atoms with van der Waals surface area (Å²) in [6.07, 6.45) is 4.30. The zero-order valence-electron chi connectivity index (χ0n) is 13.0. The van der Waals surface area contributed by atoms with Crippen LogP contribution in [0.3, 0.4) is 0 Å². The van der Waals surface area contributed by atoms with Gasteiger partial charge in [-0.3, -0.25) is 0 Å². The van der Waals surface area contributed by atoms with Gasteiger partial charge in [0.1, 0.15) is 5.82 Å². The van der Waals surface area contributed by atoms with Gasteiger partial charge in [0.25, 0.3) is 5.89 Å². The second-order valence-electron chi connectivity index (χ2n) is 5.89. The number of piperidine rings is 1. The normalized spacial score (nSPS) is 15.7. The number of nitrogens with one attached hydrogen (secondary N) is 1. The molecule has 1 aliphatic rings. The van der Waals surface area contributed by atoms with Crippen molar-refractivity contribution in [3.8, 4) is 11.6 Å². The number of benzene rings is 1. The molecular formula is C16H17FN6O. The van der Waals surface area contributed by atoms with E-state index in [0.29, 0.717) is 29.9 Å². The lowest BCUT2D eigenvalue weighted by Gasteiger charge is -2.21. The van der Waals surface area contributed by atoms with E-state index in [0.717, 1.165) is 31.5 Å². The first kappa shape index (κ1) is 14.9. The van der Waals surface area contributed by atoms with E-state index in [2.05, 4.69) is 25.8 Å². The zero-order valence-corrected chi connectivity index (χ0v) is 13.0. The van der Waals surface area contributed by atoms with Crippen molar-refractivity contribution in [2.24, 2.45) is 0 Å².